The van der Waals surface area contributed by atoms with E-state index in [1.165, 1.54) is 12.0 Å². The Labute approximate surface area is 224 Å². The van der Waals surface area contributed by atoms with Crippen molar-refractivity contribution in [1.82, 2.24) is 24.6 Å². The lowest BCUT2D eigenvalue weighted by Crippen LogP contribution is -2.55. The van der Waals surface area contributed by atoms with E-state index in [0.29, 0.717) is 25.3 Å². The molecule has 1 fully saturated rings. The fourth-order valence-electron chi connectivity index (χ4n) is 5.53. The number of aromatic nitrogens is 4. The van der Waals surface area contributed by atoms with Gasteiger partial charge in [-0.3, -0.25) is 19.4 Å². The Bertz CT molecular complexity index is 1290. The third kappa shape index (κ3) is 5.54. The molecule has 1 unspecified atom stereocenters. The van der Waals surface area contributed by atoms with Crippen LogP contribution >= 0.6 is 0 Å². The first-order valence-corrected chi connectivity index (χ1v) is 13.9. The lowest BCUT2D eigenvalue weighted by atomic mass is 9.99. The van der Waals surface area contributed by atoms with Gasteiger partial charge in [-0.15, -0.1) is 0 Å². The average molecular weight is 521 g/mol. The van der Waals surface area contributed by atoms with Crippen LogP contribution in [-0.2, 0) is 27.9 Å². The Kier molecular flexibility index (Phi) is 7.68. The maximum atomic E-state index is 12.4. The van der Waals surface area contributed by atoms with Crippen LogP contribution < -0.4 is 5.32 Å². The van der Waals surface area contributed by atoms with Crippen molar-refractivity contribution in [3.63, 3.8) is 0 Å². The fourth-order valence-corrected chi connectivity index (χ4v) is 5.53. The fraction of sp³-hybridized carbons (Fsp3) is 0.586. The predicted octanol–water partition coefficient (Wildman–Crippen LogP) is 4.49. The number of anilines is 1. The third-order valence-corrected chi connectivity index (χ3v) is 7.59. The smallest absolute Gasteiger partial charge is 0.325 e. The molecule has 2 aliphatic heterocycles. The molecule has 0 spiro atoms. The molecule has 2 aliphatic rings. The Morgan fingerprint density at radius 3 is 2.79 bits per heavy atom. The van der Waals surface area contributed by atoms with Crippen LogP contribution in [0.25, 0.3) is 10.9 Å². The van der Waals surface area contributed by atoms with Gasteiger partial charge in [-0.1, -0.05) is 12.5 Å². The zero-order valence-electron chi connectivity index (χ0n) is 23.0. The SMILES string of the molecule is Cc1nn(C(C)(C)C)c2c(C(C(=O)O)N3CC(OCCCCCc4ccc5c(n4)NCCC5)C3)cncc12. The summed E-state index contributed by atoms with van der Waals surface area (Å²) in [6, 6.07) is 3.60. The van der Waals surface area contributed by atoms with E-state index in [9.17, 15) is 9.90 Å². The molecule has 204 valence electrons. The number of aryl methyl sites for hydroxylation is 3. The van der Waals surface area contributed by atoms with E-state index in [2.05, 4.69) is 43.2 Å². The lowest BCUT2D eigenvalue weighted by molar-refractivity contribution is -0.150. The van der Waals surface area contributed by atoms with Crippen LogP contribution in [0.2, 0.25) is 0 Å². The molecule has 1 saturated heterocycles. The Balaban J connectivity index is 1.11. The van der Waals surface area contributed by atoms with E-state index >= 15 is 0 Å². The van der Waals surface area contributed by atoms with Crippen molar-refractivity contribution in [3.05, 3.63) is 47.0 Å². The zero-order valence-corrected chi connectivity index (χ0v) is 23.0. The van der Waals surface area contributed by atoms with Gasteiger partial charge in [0.25, 0.3) is 0 Å². The van der Waals surface area contributed by atoms with Gasteiger partial charge in [0.05, 0.1) is 22.9 Å². The van der Waals surface area contributed by atoms with Crippen LogP contribution in [0.15, 0.2) is 24.5 Å². The maximum Gasteiger partial charge on any atom is 0.325 e. The molecule has 0 radical (unpaired) electrons. The molecule has 0 aromatic carbocycles. The van der Waals surface area contributed by atoms with Crippen molar-refractivity contribution in [2.75, 3.05) is 31.6 Å². The molecule has 0 bridgehead atoms. The highest BCUT2D eigenvalue weighted by Gasteiger charge is 2.39. The second-order valence-corrected chi connectivity index (χ2v) is 11.6. The number of rotatable bonds is 10. The van der Waals surface area contributed by atoms with Crippen molar-refractivity contribution in [1.29, 1.82) is 0 Å². The zero-order chi connectivity index (χ0) is 26.9. The van der Waals surface area contributed by atoms with E-state index in [0.717, 1.165) is 66.8 Å². The summed E-state index contributed by atoms with van der Waals surface area (Å²) in [5.74, 6) is 0.194. The standard InChI is InChI=1S/C29H40N6O3/c1-19-23-15-30-16-24(25(23)35(33-19)29(2,3)4)26(28(36)37)34-17-22(18-34)38-14-7-5-6-10-21-12-11-20-9-8-13-31-27(20)32-21/h11-12,15-16,22,26H,5-10,13-14,17-18H2,1-4H3,(H,31,32)(H,36,37). The van der Waals surface area contributed by atoms with Crippen molar-refractivity contribution in [3.8, 4) is 0 Å². The van der Waals surface area contributed by atoms with Crippen molar-refractivity contribution in [2.45, 2.75) is 83.9 Å². The molecule has 0 aliphatic carbocycles. The summed E-state index contributed by atoms with van der Waals surface area (Å²) in [5, 5.41) is 19.2. The molecule has 5 heterocycles. The minimum Gasteiger partial charge on any atom is -0.480 e. The number of fused-ring (bicyclic) bond motifs is 2. The Hall–Kier alpha value is -3.04. The summed E-state index contributed by atoms with van der Waals surface area (Å²) in [4.78, 5) is 23.5. The molecule has 1 atom stereocenters. The summed E-state index contributed by atoms with van der Waals surface area (Å²) in [5.41, 5.74) is 4.61. The molecule has 3 aromatic heterocycles. The molecule has 9 nitrogen and oxygen atoms in total. The first-order valence-electron chi connectivity index (χ1n) is 13.9. The van der Waals surface area contributed by atoms with Crippen LogP contribution in [0.5, 0.6) is 0 Å². The summed E-state index contributed by atoms with van der Waals surface area (Å²) in [7, 11) is 0. The number of nitrogens with one attached hydrogen (secondary N) is 1. The minimum atomic E-state index is -0.872. The molecule has 5 rings (SSSR count). The summed E-state index contributed by atoms with van der Waals surface area (Å²) in [6.07, 6.45) is 9.98. The third-order valence-electron chi connectivity index (χ3n) is 7.59. The van der Waals surface area contributed by atoms with Crippen LogP contribution in [-0.4, -0.2) is 68.1 Å². The van der Waals surface area contributed by atoms with E-state index in [1.54, 1.807) is 12.4 Å². The van der Waals surface area contributed by atoms with Gasteiger partial charge in [-0.05, 0) is 71.4 Å². The highest BCUT2D eigenvalue weighted by atomic mass is 16.5. The average Bonchev–Trinajstić information content (AvgIpc) is 3.21. The van der Waals surface area contributed by atoms with Crippen LogP contribution in [0.3, 0.4) is 0 Å². The summed E-state index contributed by atoms with van der Waals surface area (Å²) in [6.45, 7) is 11.1. The topological polar surface area (TPSA) is 105 Å². The Morgan fingerprint density at radius 1 is 1.21 bits per heavy atom. The molecule has 3 aromatic rings. The van der Waals surface area contributed by atoms with E-state index < -0.39 is 12.0 Å². The van der Waals surface area contributed by atoms with Gasteiger partial charge in [0.2, 0.25) is 0 Å². The van der Waals surface area contributed by atoms with Crippen molar-refractivity contribution in [2.24, 2.45) is 0 Å². The summed E-state index contributed by atoms with van der Waals surface area (Å²) >= 11 is 0. The number of aliphatic carboxylic acids is 1. The number of carboxylic acid groups (broad SMARTS) is 1. The minimum absolute atomic E-state index is 0.0617. The molecule has 2 N–H and O–H groups in total. The molecule has 9 heteroatoms. The first kappa shape index (κ1) is 26.6. The first-order chi connectivity index (χ1) is 18.2. The highest BCUT2D eigenvalue weighted by Crippen LogP contribution is 2.35. The molecular formula is C29H40N6O3. The number of likely N-dealkylation sites (tertiary alicyclic amines) is 1. The second-order valence-electron chi connectivity index (χ2n) is 11.6. The normalized spacial score (nSPS) is 17.2. The Morgan fingerprint density at radius 2 is 2.03 bits per heavy atom. The van der Waals surface area contributed by atoms with Gasteiger partial charge >= 0.3 is 5.97 Å². The predicted molar refractivity (Wildman–Crippen MR) is 148 cm³/mol. The maximum absolute atomic E-state index is 12.4. The van der Waals surface area contributed by atoms with E-state index in [4.69, 9.17) is 14.8 Å². The number of hydrogen-bond donors (Lipinski definition) is 2. The monoisotopic (exact) mass is 520 g/mol. The van der Waals surface area contributed by atoms with Crippen molar-refractivity contribution < 1.29 is 14.6 Å². The number of carboxylic acids is 1. The summed E-state index contributed by atoms with van der Waals surface area (Å²) < 4.78 is 8.02. The van der Waals surface area contributed by atoms with Gasteiger partial charge < -0.3 is 15.2 Å². The van der Waals surface area contributed by atoms with Crippen LogP contribution in [0, 0.1) is 6.92 Å². The van der Waals surface area contributed by atoms with Gasteiger partial charge in [-0.2, -0.15) is 5.10 Å². The van der Waals surface area contributed by atoms with Crippen molar-refractivity contribution >= 4 is 22.7 Å². The quantitative estimate of drug-likeness (QED) is 0.377. The molecule has 38 heavy (non-hydrogen) atoms. The largest absolute Gasteiger partial charge is 0.480 e. The van der Waals surface area contributed by atoms with E-state index in [-0.39, 0.29) is 11.6 Å². The molecular weight excluding hydrogens is 480 g/mol. The highest BCUT2D eigenvalue weighted by molar-refractivity contribution is 5.89. The van der Waals surface area contributed by atoms with Gasteiger partial charge in [0.1, 0.15) is 11.9 Å². The van der Waals surface area contributed by atoms with Gasteiger partial charge in [-0.25, -0.2) is 4.98 Å². The number of unbranched alkanes of at least 4 members (excludes halogenated alkanes) is 2. The number of ether oxygens (including phenoxy) is 1. The second kappa shape index (κ2) is 11.0. The van der Waals surface area contributed by atoms with Gasteiger partial charge in [0.15, 0.2) is 0 Å². The number of nitrogens with zero attached hydrogens (tertiary/aromatic N) is 5. The lowest BCUT2D eigenvalue weighted by Gasteiger charge is -2.42. The van der Waals surface area contributed by atoms with E-state index in [1.807, 2.05) is 16.5 Å². The molecule has 0 saturated carbocycles. The number of pyridine rings is 2. The number of hydrogen-bond acceptors (Lipinski definition) is 7. The van der Waals surface area contributed by atoms with Crippen LogP contribution in [0.4, 0.5) is 5.82 Å². The van der Waals surface area contributed by atoms with Gasteiger partial charge in [0, 0.05) is 55.3 Å². The molecule has 0 amide bonds. The van der Waals surface area contributed by atoms with Crippen LogP contribution in [0.1, 0.15) is 75.0 Å². The number of carbonyl (C=O) groups is 1.